The third kappa shape index (κ3) is 2.66. The molecule has 0 N–H and O–H groups in total. The van der Waals surface area contributed by atoms with Gasteiger partial charge in [-0.3, -0.25) is 4.79 Å². The van der Waals surface area contributed by atoms with Gasteiger partial charge in [-0.2, -0.15) is 4.98 Å². The predicted molar refractivity (Wildman–Crippen MR) is 70.4 cm³/mol. The zero-order valence-electron chi connectivity index (χ0n) is 10.4. The number of pyridine rings is 1. The lowest BCUT2D eigenvalue weighted by atomic mass is 10.3. The highest BCUT2D eigenvalue weighted by atomic mass is 32.2. The maximum atomic E-state index is 11.7. The van der Waals surface area contributed by atoms with E-state index in [-0.39, 0.29) is 10.3 Å². The van der Waals surface area contributed by atoms with Crippen LogP contribution in [0.3, 0.4) is 0 Å². The molecule has 5 heteroatoms. The molecule has 0 saturated heterocycles. The van der Waals surface area contributed by atoms with E-state index in [1.807, 2.05) is 13.1 Å². The number of fused-ring (bicyclic) bond motifs is 1. The van der Waals surface area contributed by atoms with Crippen LogP contribution in [-0.2, 0) is 7.05 Å². The molecule has 17 heavy (non-hydrogen) atoms. The minimum Gasteiger partial charge on any atom is -0.319 e. The van der Waals surface area contributed by atoms with Crippen LogP contribution in [0.4, 0.5) is 0 Å². The molecule has 0 aliphatic rings. The first-order valence-electron chi connectivity index (χ1n) is 5.37. The van der Waals surface area contributed by atoms with Crippen LogP contribution in [0.2, 0.25) is 0 Å². The number of hydrogen-bond acceptors (Lipinski definition) is 4. The molecule has 0 atom stereocenters. The normalized spacial score (nSPS) is 12.0. The molecular weight excluding hydrogens is 234 g/mol. The van der Waals surface area contributed by atoms with Crippen molar-refractivity contribution >= 4 is 22.8 Å². The minimum atomic E-state index is -0.220. The largest absolute Gasteiger partial charge is 0.319 e. The minimum absolute atomic E-state index is 0.100. The Bertz CT molecular complexity index is 613. The van der Waals surface area contributed by atoms with Gasteiger partial charge in [-0.1, -0.05) is 20.8 Å². The Balaban J connectivity index is 2.58. The van der Waals surface area contributed by atoms with E-state index in [0.717, 1.165) is 4.90 Å². The second-order valence-corrected chi connectivity index (χ2v) is 6.82. The van der Waals surface area contributed by atoms with Crippen molar-refractivity contribution in [2.45, 2.75) is 30.4 Å². The zero-order valence-corrected chi connectivity index (χ0v) is 11.2. The maximum absolute atomic E-state index is 11.7. The first-order chi connectivity index (χ1) is 7.87. The lowest BCUT2D eigenvalue weighted by molar-refractivity contribution is 0.802. The van der Waals surface area contributed by atoms with Crippen molar-refractivity contribution in [1.82, 2.24) is 14.5 Å². The molecule has 4 nitrogen and oxygen atoms in total. The summed E-state index contributed by atoms with van der Waals surface area (Å²) in [5, 5.41) is 0.573. The quantitative estimate of drug-likeness (QED) is 0.727. The van der Waals surface area contributed by atoms with E-state index >= 15 is 0 Å². The summed E-state index contributed by atoms with van der Waals surface area (Å²) in [5.41, 5.74) is 0.449. The molecule has 2 heterocycles. The van der Waals surface area contributed by atoms with Gasteiger partial charge in [0.1, 0.15) is 12.0 Å². The number of nitrogens with zero attached hydrogens (tertiary/aromatic N) is 3. The fraction of sp³-hybridized carbons (Fsp3) is 0.417. The molecule has 0 aromatic carbocycles. The fourth-order valence-electron chi connectivity index (χ4n) is 1.55. The highest BCUT2D eigenvalue weighted by Crippen LogP contribution is 2.31. The Hall–Kier alpha value is -1.36. The summed E-state index contributed by atoms with van der Waals surface area (Å²) in [6, 6.07) is 1.87. The van der Waals surface area contributed by atoms with Gasteiger partial charge in [0.2, 0.25) is 0 Å². The van der Waals surface area contributed by atoms with Crippen molar-refractivity contribution < 1.29 is 0 Å². The first kappa shape index (κ1) is 12.1. The van der Waals surface area contributed by atoms with Crippen molar-refractivity contribution in [2.75, 3.05) is 0 Å². The van der Waals surface area contributed by atoms with Crippen molar-refractivity contribution in [2.24, 2.45) is 7.05 Å². The third-order valence-corrected chi connectivity index (χ3v) is 3.25. The molecule has 0 amide bonds. The van der Waals surface area contributed by atoms with Gasteiger partial charge in [0.15, 0.2) is 0 Å². The van der Waals surface area contributed by atoms with Gasteiger partial charge in [-0.25, -0.2) is 4.98 Å². The Morgan fingerprint density at radius 2 is 2.00 bits per heavy atom. The average molecular weight is 249 g/mol. The molecular formula is C12H15N3OS. The van der Waals surface area contributed by atoms with Crippen molar-refractivity contribution in [1.29, 1.82) is 0 Å². The van der Waals surface area contributed by atoms with Gasteiger partial charge >= 0.3 is 0 Å². The number of hydrogen-bond donors (Lipinski definition) is 0. The standard InChI is InChI=1S/C12H15N3OS/c1-12(2,3)17-8-5-9-10(13-6-8)15(4)7-14-11(9)16/h5-7H,1-4H3. The van der Waals surface area contributed by atoms with Crippen LogP contribution < -0.4 is 5.56 Å². The Morgan fingerprint density at radius 1 is 1.29 bits per heavy atom. The summed E-state index contributed by atoms with van der Waals surface area (Å²) >= 11 is 1.69. The van der Waals surface area contributed by atoms with E-state index in [1.165, 1.54) is 6.33 Å². The van der Waals surface area contributed by atoms with E-state index in [9.17, 15) is 4.79 Å². The summed E-state index contributed by atoms with van der Waals surface area (Å²) < 4.78 is 1.85. The summed E-state index contributed by atoms with van der Waals surface area (Å²) in [7, 11) is 1.83. The van der Waals surface area contributed by atoms with Crippen LogP contribution in [0, 0.1) is 0 Å². The average Bonchev–Trinajstić information content (AvgIpc) is 2.21. The second-order valence-electron chi connectivity index (χ2n) is 4.92. The van der Waals surface area contributed by atoms with Gasteiger partial charge in [-0.15, -0.1) is 11.8 Å². The summed E-state index contributed by atoms with van der Waals surface area (Å²) in [6.45, 7) is 6.38. The van der Waals surface area contributed by atoms with E-state index in [0.29, 0.717) is 11.0 Å². The topological polar surface area (TPSA) is 47.8 Å². The number of thioether (sulfide) groups is 1. The molecule has 0 aliphatic heterocycles. The lowest BCUT2D eigenvalue weighted by Crippen LogP contribution is -2.12. The third-order valence-electron chi connectivity index (χ3n) is 2.18. The molecule has 0 saturated carbocycles. The molecule has 2 aromatic heterocycles. The van der Waals surface area contributed by atoms with Crippen molar-refractivity contribution in [3.8, 4) is 0 Å². The molecule has 0 bridgehead atoms. The summed E-state index contributed by atoms with van der Waals surface area (Å²) in [5.74, 6) is 0. The smallest absolute Gasteiger partial charge is 0.282 e. The number of rotatable bonds is 1. The maximum Gasteiger partial charge on any atom is 0.282 e. The SMILES string of the molecule is Cn1cnc(=O)c2cc(SC(C)(C)C)cnc21. The highest BCUT2D eigenvalue weighted by molar-refractivity contribution is 8.00. The Kier molecular flexibility index (Phi) is 2.95. The van der Waals surface area contributed by atoms with Gasteiger partial charge in [0.05, 0.1) is 5.39 Å². The van der Waals surface area contributed by atoms with Gasteiger partial charge in [0, 0.05) is 22.9 Å². The van der Waals surface area contributed by atoms with E-state index in [2.05, 4.69) is 30.7 Å². The number of aromatic nitrogens is 3. The second kappa shape index (κ2) is 4.14. The van der Waals surface area contributed by atoms with Crippen molar-refractivity contribution in [3.05, 3.63) is 28.9 Å². The lowest BCUT2D eigenvalue weighted by Gasteiger charge is -2.17. The zero-order chi connectivity index (χ0) is 12.6. The summed E-state index contributed by atoms with van der Waals surface area (Å²) in [4.78, 5) is 20.8. The molecule has 0 aliphatic carbocycles. The molecule has 2 aromatic rings. The first-order valence-corrected chi connectivity index (χ1v) is 6.19. The van der Waals surface area contributed by atoms with Gasteiger partial charge in [0.25, 0.3) is 5.56 Å². The predicted octanol–water partition coefficient (Wildman–Crippen LogP) is 2.22. The number of aryl methyl sites for hydroxylation is 1. The highest BCUT2D eigenvalue weighted by Gasteiger charge is 2.13. The van der Waals surface area contributed by atoms with Crippen LogP contribution in [-0.4, -0.2) is 19.3 Å². The summed E-state index contributed by atoms with van der Waals surface area (Å²) in [6.07, 6.45) is 3.30. The molecule has 0 radical (unpaired) electrons. The van der Waals surface area contributed by atoms with Gasteiger partial charge in [-0.05, 0) is 6.07 Å². The van der Waals surface area contributed by atoms with E-state index in [1.54, 1.807) is 22.5 Å². The van der Waals surface area contributed by atoms with Crippen LogP contribution in [0.1, 0.15) is 20.8 Å². The van der Waals surface area contributed by atoms with Crippen LogP contribution in [0.5, 0.6) is 0 Å². The van der Waals surface area contributed by atoms with Crippen LogP contribution >= 0.6 is 11.8 Å². The fourth-order valence-corrected chi connectivity index (χ4v) is 2.54. The van der Waals surface area contributed by atoms with Crippen LogP contribution in [0.25, 0.3) is 11.0 Å². The monoisotopic (exact) mass is 249 g/mol. The Morgan fingerprint density at radius 3 is 2.65 bits per heavy atom. The van der Waals surface area contributed by atoms with E-state index in [4.69, 9.17) is 0 Å². The molecule has 0 unspecified atom stereocenters. The van der Waals surface area contributed by atoms with Gasteiger partial charge < -0.3 is 4.57 Å². The molecule has 2 rings (SSSR count). The molecule has 90 valence electrons. The molecule has 0 fully saturated rings. The molecule has 0 spiro atoms. The Labute approximate surface area is 104 Å². The van der Waals surface area contributed by atoms with E-state index < -0.39 is 0 Å². The van der Waals surface area contributed by atoms with Crippen LogP contribution in [0.15, 0.2) is 28.3 Å². The van der Waals surface area contributed by atoms with Crippen molar-refractivity contribution in [3.63, 3.8) is 0 Å².